The third-order valence-electron chi connectivity index (χ3n) is 3.08. The van der Waals surface area contributed by atoms with E-state index in [1.165, 1.54) is 0 Å². The summed E-state index contributed by atoms with van der Waals surface area (Å²) in [4.78, 5) is 44.5. The molecule has 0 saturated carbocycles. The summed E-state index contributed by atoms with van der Waals surface area (Å²) in [6, 6.07) is 0. The van der Waals surface area contributed by atoms with Crippen molar-refractivity contribution >= 4 is 19.8 Å². The molecule has 3 N–H and O–H groups in total. The van der Waals surface area contributed by atoms with E-state index < -0.39 is 39.1 Å². The summed E-state index contributed by atoms with van der Waals surface area (Å²) < 4.78 is 24.5. The van der Waals surface area contributed by atoms with Crippen molar-refractivity contribution in [3.63, 3.8) is 0 Å². The molecule has 9 nitrogen and oxygen atoms in total. The molecule has 0 aromatic rings. The van der Waals surface area contributed by atoms with E-state index in [1.54, 1.807) is 6.92 Å². The zero-order chi connectivity index (χ0) is 21.3. The molecule has 0 aliphatic rings. The van der Waals surface area contributed by atoms with E-state index in [0.29, 0.717) is 6.42 Å². The first-order valence-corrected chi connectivity index (χ1v) is 10.2. The quantitative estimate of drug-likeness (QED) is 0.0730. The van der Waals surface area contributed by atoms with Gasteiger partial charge in [0.05, 0.1) is 14.4 Å². The fourth-order valence-corrected chi connectivity index (χ4v) is 2.17. The van der Waals surface area contributed by atoms with E-state index in [2.05, 4.69) is 47.0 Å². The number of carbonyl (C=O) groups excluding carboxylic acids is 2. The Morgan fingerprint density at radius 3 is 2.19 bits per heavy atom. The van der Waals surface area contributed by atoms with E-state index in [0.717, 1.165) is 25.7 Å². The number of hydrogen-bond donors (Lipinski definition) is 1. The van der Waals surface area contributed by atoms with Crippen molar-refractivity contribution in [2.45, 2.75) is 58.5 Å². The van der Waals surface area contributed by atoms with Crippen molar-refractivity contribution in [1.82, 2.24) is 6.15 Å². The van der Waals surface area contributed by atoms with E-state index in [1.807, 2.05) is 0 Å². The molecule has 0 radical (unpaired) electrons. The van der Waals surface area contributed by atoms with Crippen molar-refractivity contribution in [2.24, 2.45) is 0 Å². The van der Waals surface area contributed by atoms with Crippen LogP contribution in [0.5, 0.6) is 0 Å². The molecule has 0 aliphatic heterocycles. The second-order valence-corrected chi connectivity index (χ2v) is 6.65. The van der Waals surface area contributed by atoms with Crippen LogP contribution in [0, 0.1) is 35.5 Å². The van der Waals surface area contributed by atoms with Crippen LogP contribution in [0.3, 0.4) is 0 Å². The Morgan fingerprint density at radius 2 is 1.61 bits per heavy atom. The first-order valence-electron chi connectivity index (χ1n) is 8.74. The predicted molar refractivity (Wildman–Crippen MR) is 112 cm³/mol. The minimum Gasteiger partial charge on any atom is -0.790 e. The van der Waals surface area contributed by atoms with Gasteiger partial charge in [-0.05, 0) is 37.0 Å². The standard InChI is InChI=1S/C19H25O8P.H3N.2Na.5H2/c1-3-5-7-9-11-13-18(20)25-15-17(16-26-28(22,23)24)27-19(21)14-12-10-8-6-4-2;;;;;;;;/h17H,4,6,8,10,12,14-16H2,1-2H3,(H2,22,23,24);1H3;;;5*1H/q;;2*+1;;;;;/p-2/t17-;;;;;;;;/m1......../s1. The van der Waals surface area contributed by atoms with Crippen molar-refractivity contribution < 1.29 is 104 Å². The number of hydrogen-bond acceptors (Lipinski definition) is 9. The number of phosphoric acid groups is 1. The predicted octanol–water partition coefficient (Wildman–Crippen LogP) is -3.92. The van der Waals surface area contributed by atoms with Crippen LogP contribution in [0.25, 0.3) is 0 Å². The first kappa shape index (κ1) is 38.0. The minimum absolute atomic E-state index is 0. The summed E-state index contributed by atoms with van der Waals surface area (Å²) in [7, 11) is -5.26. The molecule has 1 atom stereocenters. The Morgan fingerprint density at radius 1 is 1.00 bits per heavy atom. The molecule has 0 aromatic heterocycles. The van der Waals surface area contributed by atoms with Crippen LogP contribution < -0.4 is 75.1 Å². The summed E-state index contributed by atoms with van der Waals surface area (Å²) in [5.41, 5.74) is 0. The number of carbonyl (C=O) groups is 2. The molecule has 0 amide bonds. The summed E-state index contributed by atoms with van der Waals surface area (Å²) in [5, 5.41) is 0. The van der Waals surface area contributed by atoms with E-state index >= 15 is 0 Å². The normalized spacial score (nSPS) is 9.81. The van der Waals surface area contributed by atoms with Crippen LogP contribution in [0.4, 0.5) is 0 Å². The molecular formula is C19H36NNa2O8P. The Hall–Kier alpha value is -0.310. The maximum atomic E-state index is 11.8. The molecule has 172 valence electrons. The van der Waals surface area contributed by atoms with Crippen LogP contribution in [-0.2, 0) is 28.2 Å². The van der Waals surface area contributed by atoms with Gasteiger partial charge in [0.2, 0.25) is 0 Å². The molecule has 0 unspecified atom stereocenters. The van der Waals surface area contributed by atoms with E-state index in [-0.39, 0.29) is 78.8 Å². The largest absolute Gasteiger partial charge is 1.00 e. The van der Waals surface area contributed by atoms with Gasteiger partial charge < -0.3 is 34.5 Å². The minimum atomic E-state index is -5.26. The number of esters is 2. The summed E-state index contributed by atoms with van der Waals surface area (Å²) in [5.74, 6) is 12.3. The van der Waals surface area contributed by atoms with E-state index in [4.69, 9.17) is 9.47 Å². The monoisotopic (exact) mass is 483 g/mol. The van der Waals surface area contributed by atoms with Gasteiger partial charge in [-0.25, -0.2) is 4.79 Å². The fraction of sp³-hybridized carbons (Fsp3) is 0.579. The number of ether oxygens (including phenoxy) is 2. The third kappa shape index (κ3) is 27.7. The molecular weight excluding hydrogens is 447 g/mol. The number of phosphoric ester groups is 1. The van der Waals surface area contributed by atoms with Crippen LogP contribution in [0.15, 0.2) is 0 Å². The summed E-state index contributed by atoms with van der Waals surface area (Å²) in [6.45, 7) is 2.39. The number of rotatable bonds is 12. The summed E-state index contributed by atoms with van der Waals surface area (Å²) in [6.07, 6.45) is 3.47. The molecule has 0 rings (SSSR count). The molecule has 0 heterocycles. The molecule has 12 heteroatoms. The maximum absolute atomic E-state index is 11.8. The van der Waals surface area contributed by atoms with Gasteiger partial charge in [0.15, 0.2) is 6.10 Å². The van der Waals surface area contributed by atoms with Gasteiger partial charge in [-0.3, -0.25) is 4.79 Å². The van der Waals surface area contributed by atoms with Gasteiger partial charge in [-0.1, -0.05) is 38.5 Å². The van der Waals surface area contributed by atoms with Gasteiger partial charge >= 0.3 is 71.1 Å². The second-order valence-electron chi connectivity index (χ2n) is 5.49. The van der Waals surface area contributed by atoms with Crippen LogP contribution in [0.2, 0.25) is 0 Å². The van der Waals surface area contributed by atoms with Gasteiger partial charge in [0.1, 0.15) is 6.61 Å². The first-order chi connectivity index (χ1) is 13.3. The van der Waals surface area contributed by atoms with Gasteiger partial charge in [-0.15, -0.1) is 0 Å². The zero-order valence-electron chi connectivity index (χ0n) is 18.7. The van der Waals surface area contributed by atoms with Crippen molar-refractivity contribution in [1.29, 1.82) is 0 Å². The average Bonchev–Trinajstić information content (AvgIpc) is 2.63. The smallest absolute Gasteiger partial charge is 0.790 e. The van der Waals surface area contributed by atoms with Gasteiger partial charge in [0, 0.05) is 19.5 Å². The third-order valence-corrected chi connectivity index (χ3v) is 3.54. The fourth-order valence-electron chi connectivity index (χ4n) is 1.82. The molecule has 0 aromatic carbocycles. The SMILES string of the molecule is CC#CC#CC#CC(=O)OC[C@H](COP(=O)([O-])[O-])OC(=O)CCCCCCC.N.[HH].[HH].[HH].[HH].[HH].[Na+].[Na+]. The van der Waals surface area contributed by atoms with Crippen LogP contribution >= 0.6 is 7.82 Å². The van der Waals surface area contributed by atoms with Crippen LogP contribution in [-0.4, -0.2) is 31.3 Å². The van der Waals surface area contributed by atoms with Gasteiger partial charge in [0.25, 0.3) is 0 Å². The van der Waals surface area contributed by atoms with Crippen LogP contribution in [0.1, 0.15) is 59.5 Å². The molecule has 0 aliphatic carbocycles. The molecule has 0 saturated heterocycles. The Bertz CT molecular complexity index is 758. The second kappa shape index (κ2) is 24.3. The number of unbranched alkanes of at least 4 members (excludes halogenated alkanes) is 4. The van der Waals surface area contributed by atoms with Crippen molar-refractivity contribution in [3.8, 4) is 35.5 Å². The average molecular weight is 483 g/mol. The Labute approximate surface area is 235 Å². The molecule has 0 fully saturated rings. The van der Waals surface area contributed by atoms with Gasteiger partial charge in [-0.2, -0.15) is 0 Å². The zero-order valence-corrected chi connectivity index (χ0v) is 23.5. The topological polar surface area (TPSA) is 160 Å². The maximum Gasteiger partial charge on any atom is 1.00 e. The molecule has 0 bridgehead atoms. The Balaban J connectivity index is -0.000000130. The Kier molecular flexibility index (Phi) is 29.8. The van der Waals surface area contributed by atoms with Crippen molar-refractivity contribution in [3.05, 3.63) is 0 Å². The molecule has 31 heavy (non-hydrogen) atoms. The van der Waals surface area contributed by atoms with Crippen molar-refractivity contribution in [2.75, 3.05) is 13.2 Å². The van der Waals surface area contributed by atoms with E-state index in [9.17, 15) is 23.9 Å². The summed E-state index contributed by atoms with van der Waals surface area (Å²) >= 11 is 0. The molecule has 0 spiro atoms.